The van der Waals surface area contributed by atoms with E-state index in [0.29, 0.717) is 34.9 Å². The van der Waals surface area contributed by atoms with Crippen molar-refractivity contribution in [2.75, 3.05) is 0 Å². The fourth-order valence-corrected chi connectivity index (χ4v) is 19.9. The van der Waals surface area contributed by atoms with Crippen LogP contribution in [0.4, 0.5) is 0 Å². The second-order valence-electron chi connectivity index (χ2n) is 30.2. The van der Waals surface area contributed by atoms with Crippen LogP contribution in [0, 0.1) is 0 Å². The van der Waals surface area contributed by atoms with Crippen molar-refractivity contribution in [1.82, 2.24) is 29.9 Å². The Morgan fingerprint density at radius 2 is 0.450 bits per heavy atom. The number of nitrogens with zero attached hydrogens (tertiary/aromatic N) is 6. The zero-order valence-electron chi connectivity index (χ0n) is 64.4. The molecule has 18 aromatic carbocycles. The highest BCUT2D eigenvalue weighted by Crippen LogP contribution is 2.50. The Kier molecular flexibility index (Phi) is 17.1. The van der Waals surface area contributed by atoms with E-state index in [1.807, 2.05) is 120 Å². The van der Waals surface area contributed by atoms with E-state index < -0.39 is 0 Å². The lowest BCUT2D eigenvalue weighted by Crippen LogP contribution is -2.00. The summed E-state index contributed by atoms with van der Waals surface area (Å²) in [5.74, 6) is 3.80. The summed E-state index contributed by atoms with van der Waals surface area (Å²) in [5, 5.41) is 14.2. The first kappa shape index (κ1) is 70.0. The topological polar surface area (TPSA) is 104 Å². The summed E-state index contributed by atoms with van der Waals surface area (Å²) < 4.78 is 18.8. The van der Waals surface area contributed by atoms with Crippen LogP contribution in [0.1, 0.15) is 0 Å². The summed E-state index contributed by atoms with van der Waals surface area (Å²) >= 11 is 3.73. The van der Waals surface area contributed by atoms with Gasteiger partial charge in [0.2, 0.25) is 0 Å². The highest BCUT2D eigenvalue weighted by Gasteiger charge is 2.25. The highest BCUT2D eigenvalue weighted by molar-refractivity contribution is 7.26. The smallest absolute Gasteiger partial charge is 0.164 e. The second kappa shape index (κ2) is 29.4. The second-order valence-corrected chi connectivity index (χ2v) is 32.3. The van der Waals surface area contributed by atoms with Crippen LogP contribution in [-0.2, 0) is 0 Å². The normalized spacial score (nSPS) is 11.7. The molecule has 0 fully saturated rings. The first-order valence-corrected chi connectivity index (χ1v) is 41.8. The lowest BCUT2D eigenvalue weighted by molar-refractivity contribution is 0.672. The summed E-state index contributed by atoms with van der Waals surface area (Å²) in [4.78, 5) is 30.0. The van der Waals surface area contributed by atoms with Crippen LogP contribution in [0.5, 0.6) is 0 Å². The van der Waals surface area contributed by atoms with Crippen molar-refractivity contribution in [2.24, 2.45) is 0 Å². The van der Waals surface area contributed by atoms with E-state index in [-0.39, 0.29) is 0 Å². The van der Waals surface area contributed by atoms with Gasteiger partial charge in [-0.05, 0) is 121 Å². The fourth-order valence-electron chi connectivity index (χ4n) is 17.4. The molecule has 0 aliphatic carbocycles. The fraction of sp³-hybridized carbons (Fsp3) is 0. The van der Waals surface area contributed by atoms with Crippen LogP contribution < -0.4 is 0 Å². The third-order valence-corrected chi connectivity index (χ3v) is 25.5. The van der Waals surface area contributed by atoms with Gasteiger partial charge in [-0.2, -0.15) is 0 Å². The molecule has 24 rings (SSSR count). The van der Waals surface area contributed by atoms with Gasteiger partial charge < -0.3 is 8.83 Å². The maximum Gasteiger partial charge on any atom is 0.164 e. The third kappa shape index (κ3) is 12.4. The van der Waals surface area contributed by atoms with Crippen LogP contribution >= 0.6 is 22.7 Å². The number of rotatable bonds is 12. The summed E-state index contributed by atoms with van der Waals surface area (Å²) in [6.07, 6.45) is 0. The molecule has 0 bridgehead atoms. The van der Waals surface area contributed by atoms with Gasteiger partial charge in [-0.25, -0.2) is 29.9 Å². The van der Waals surface area contributed by atoms with Crippen molar-refractivity contribution >= 4 is 128 Å². The molecule has 0 unspecified atom stereocenters. The molecule has 0 spiro atoms. The molecule has 0 atom stereocenters. The van der Waals surface area contributed by atoms with Gasteiger partial charge >= 0.3 is 0 Å². The Morgan fingerprint density at radius 1 is 0.167 bits per heavy atom. The lowest BCUT2D eigenvalue weighted by Gasteiger charge is -2.11. The molecule has 0 N–H and O–H groups in total. The summed E-state index contributed by atoms with van der Waals surface area (Å²) in [6.45, 7) is 0. The van der Waals surface area contributed by atoms with Gasteiger partial charge in [0.25, 0.3) is 0 Å². The molecule has 560 valence electrons. The molecule has 0 radical (unpaired) electrons. The van der Waals surface area contributed by atoms with Crippen molar-refractivity contribution in [3.8, 4) is 135 Å². The van der Waals surface area contributed by atoms with Crippen molar-refractivity contribution < 1.29 is 8.83 Å². The van der Waals surface area contributed by atoms with Crippen molar-refractivity contribution in [3.63, 3.8) is 0 Å². The Balaban J connectivity index is 0.000000140. The van der Waals surface area contributed by atoms with Gasteiger partial charge in [-0.15, -0.1) is 22.7 Å². The molecule has 6 aromatic heterocycles. The number of thiophene rings is 2. The zero-order valence-corrected chi connectivity index (χ0v) is 66.1. The van der Waals surface area contributed by atoms with Crippen molar-refractivity contribution in [1.29, 1.82) is 0 Å². The van der Waals surface area contributed by atoms with Gasteiger partial charge in [-0.3, -0.25) is 0 Å². The quantitative estimate of drug-likeness (QED) is 0.119. The van der Waals surface area contributed by atoms with Gasteiger partial charge in [0.15, 0.2) is 34.9 Å². The molecule has 8 nitrogen and oxygen atoms in total. The number of benzene rings is 18. The van der Waals surface area contributed by atoms with Gasteiger partial charge in [-0.1, -0.05) is 346 Å². The Labute approximate surface area is 697 Å². The minimum absolute atomic E-state index is 0.619. The van der Waals surface area contributed by atoms with Crippen molar-refractivity contribution in [3.05, 3.63) is 400 Å². The molecule has 0 saturated heterocycles. The lowest BCUT2D eigenvalue weighted by atomic mass is 9.92. The van der Waals surface area contributed by atoms with Crippen LogP contribution in [0.25, 0.3) is 241 Å². The molecule has 24 aromatic rings. The van der Waals surface area contributed by atoms with Crippen molar-refractivity contribution in [2.45, 2.75) is 0 Å². The van der Waals surface area contributed by atoms with Gasteiger partial charge in [0.1, 0.15) is 22.3 Å². The van der Waals surface area contributed by atoms with Crippen LogP contribution in [0.15, 0.2) is 409 Å². The SMILES string of the molecule is c1ccc(-c2cccc(-c3nc(-c4ccccc4)nc(-c4ccc(-c5cccc6oc7c8ccccc8c(-c8cccc9c8sc8ccccc89)cc7c56)cc4)n3)c2)cc1.c1ccc(-c2nc(-c3ccccc3)nc(-c3cccc(-c4cccc(-c5cccc6oc7c8ccccc8c(-c8cccc9c8sc8ccccc89)cc7c56)c4)c3)n2)cc1. The molecule has 10 heteroatoms. The largest absolute Gasteiger partial charge is 0.455 e. The molecular formula is C110H66N6O2S2. The summed E-state index contributed by atoms with van der Waals surface area (Å²) in [5.41, 5.74) is 22.9. The zero-order chi connectivity index (χ0) is 79.1. The number of fused-ring (bicyclic) bond motifs is 16. The third-order valence-electron chi connectivity index (χ3n) is 23.1. The minimum atomic E-state index is 0.619. The van der Waals surface area contributed by atoms with E-state index in [9.17, 15) is 0 Å². The van der Waals surface area contributed by atoms with Gasteiger partial charge in [0.05, 0.1) is 0 Å². The summed E-state index contributed by atoms with van der Waals surface area (Å²) in [7, 11) is 0. The first-order valence-electron chi connectivity index (χ1n) is 40.2. The van der Waals surface area contributed by atoms with Crippen LogP contribution in [0.3, 0.4) is 0 Å². The Bertz CT molecular complexity index is 8100. The van der Waals surface area contributed by atoms with Crippen LogP contribution in [-0.4, -0.2) is 29.9 Å². The summed E-state index contributed by atoms with van der Waals surface area (Å²) in [6, 6.07) is 141. The predicted molar refractivity (Wildman–Crippen MR) is 500 cm³/mol. The molecule has 0 aliphatic heterocycles. The standard InChI is InChI=1S/2C55H33N3OS/c1-3-15-34(16-4-1)53-56-54(35-17-5-2-6-18-35)58-55(57-53)39-22-12-20-37(32-39)36-19-11-21-38(31-36)40-26-14-29-48-50(40)47-33-46(41-23-7-8-25-43(41)51(47)59-48)45-28-13-27-44-42-24-9-10-30-49(42)60-52(44)45;1-3-14-34(15-4-1)38-18-11-19-39(32-38)55-57-53(36-16-5-2-6-17-36)56-54(58-55)37-30-28-35(29-31-37)40-23-13-26-48-50(40)47-33-46(41-20-7-8-22-43(41)51(47)59-48)45-25-12-24-44-42-21-9-10-27-49(42)60-52(44)45/h2*1-33H. The average Bonchev–Trinajstić information content (AvgIpc) is 1.56. The Morgan fingerprint density at radius 3 is 0.883 bits per heavy atom. The number of hydrogen-bond donors (Lipinski definition) is 0. The molecule has 0 saturated carbocycles. The number of furan rings is 2. The molecule has 0 aliphatic rings. The van der Waals surface area contributed by atoms with E-state index in [0.717, 1.165) is 133 Å². The van der Waals surface area contributed by atoms with E-state index in [1.165, 1.54) is 73.4 Å². The van der Waals surface area contributed by atoms with Gasteiger partial charge in [0, 0.05) is 117 Å². The highest BCUT2D eigenvalue weighted by atomic mass is 32.1. The number of hydrogen-bond acceptors (Lipinski definition) is 10. The first-order chi connectivity index (χ1) is 59.5. The van der Waals surface area contributed by atoms with Crippen LogP contribution in [0.2, 0.25) is 0 Å². The monoisotopic (exact) mass is 1570 g/mol. The average molecular weight is 1570 g/mol. The van der Waals surface area contributed by atoms with E-state index in [4.69, 9.17) is 38.7 Å². The molecule has 120 heavy (non-hydrogen) atoms. The number of aromatic nitrogens is 6. The minimum Gasteiger partial charge on any atom is -0.455 e. The maximum absolute atomic E-state index is 6.80. The van der Waals surface area contributed by atoms with E-state index in [1.54, 1.807) is 0 Å². The maximum atomic E-state index is 6.80. The molecule has 6 heterocycles. The predicted octanol–water partition coefficient (Wildman–Crippen LogP) is 30.6. The molecular weight excluding hydrogens is 1500 g/mol. The van der Waals surface area contributed by atoms with E-state index in [2.05, 4.69) is 303 Å². The Hall–Kier alpha value is -15.5. The molecule has 0 amide bonds. The van der Waals surface area contributed by atoms with E-state index >= 15 is 0 Å².